The fourth-order valence-corrected chi connectivity index (χ4v) is 3.77. The molecule has 0 aliphatic heterocycles. The van der Waals surface area contributed by atoms with Crippen molar-refractivity contribution in [2.45, 2.75) is 25.6 Å². The molecule has 128 valence electrons. The van der Waals surface area contributed by atoms with E-state index in [1.165, 1.54) is 11.3 Å². The SMILES string of the molecule is CC.CC(Br)c1ccc2cc(-c3nc4ccccc4s3)c(=O)oc2c1. The molecule has 0 bridgehead atoms. The van der Waals surface area contributed by atoms with E-state index in [0.717, 1.165) is 21.2 Å². The van der Waals surface area contributed by atoms with E-state index in [0.29, 0.717) is 16.2 Å². The molecule has 25 heavy (non-hydrogen) atoms. The molecule has 0 radical (unpaired) electrons. The summed E-state index contributed by atoms with van der Waals surface area (Å²) in [5.74, 6) is 0. The molecule has 2 aromatic carbocycles. The predicted octanol–water partition coefficient (Wildman–Crippen LogP) is 6.55. The molecule has 0 aliphatic carbocycles. The average Bonchev–Trinajstić information content (AvgIpc) is 3.06. The maximum Gasteiger partial charge on any atom is 0.346 e. The third-order valence-corrected chi connectivity index (χ3v) is 5.34. The Morgan fingerprint density at radius 1 is 1.12 bits per heavy atom. The Bertz CT molecular complexity index is 1050. The lowest BCUT2D eigenvalue weighted by atomic mass is 10.1. The van der Waals surface area contributed by atoms with E-state index >= 15 is 0 Å². The lowest BCUT2D eigenvalue weighted by molar-refractivity contribution is 0.563. The van der Waals surface area contributed by atoms with Crippen LogP contribution in [0.3, 0.4) is 0 Å². The number of nitrogens with zero attached hydrogens (tertiary/aromatic N) is 1. The molecule has 1 unspecified atom stereocenters. The Hall–Kier alpha value is -1.98. The molecule has 4 aromatic rings. The zero-order chi connectivity index (χ0) is 18.0. The molecule has 0 fully saturated rings. The van der Waals surface area contributed by atoms with Gasteiger partial charge in [-0.1, -0.05) is 54.0 Å². The smallest absolute Gasteiger partial charge is 0.346 e. The van der Waals surface area contributed by atoms with Gasteiger partial charge in [0.15, 0.2) is 0 Å². The first kappa shape index (κ1) is 17.8. The van der Waals surface area contributed by atoms with Crippen molar-refractivity contribution in [2.24, 2.45) is 0 Å². The van der Waals surface area contributed by atoms with Crippen LogP contribution in [0.15, 0.2) is 57.7 Å². The standard InChI is InChI=1S/C18H12BrNO2S.C2H6/c1-10(19)11-6-7-12-8-13(18(21)22-15(12)9-11)17-20-14-4-2-3-5-16(14)23-17;1-2/h2-10H,1H3;1-2H3. The van der Waals surface area contributed by atoms with Gasteiger partial charge in [-0.2, -0.15) is 0 Å². The minimum absolute atomic E-state index is 0.209. The van der Waals surface area contributed by atoms with Crippen LogP contribution in [0, 0.1) is 0 Å². The highest BCUT2D eigenvalue weighted by Crippen LogP contribution is 2.31. The molecular weight excluding hydrogens is 398 g/mol. The van der Waals surface area contributed by atoms with Gasteiger partial charge < -0.3 is 4.42 Å². The molecule has 0 spiro atoms. The van der Waals surface area contributed by atoms with Gasteiger partial charge >= 0.3 is 5.63 Å². The highest BCUT2D eigenvalue weighted by Gasteiger charge is 2.13. The number of thiazole rings is 1. The summed E-state index contributed by atoms with van der Waals surface area (Å²) >= 11 is 5.03. The molecule has 2 aromatic heterocycles. The van der Waals surface area contributed by atoms with Gasteiger partial charge in [-0.25, -0.2) is 9.78 Å². The predicted molar refractivity (Wildman–Crippen MR) is 110 cm³/mol. The Balaban J connectivity index is 0.000000880. The van der Waals surface area contributed by atoms with E-state index in [9.17, 15) is 4.79 Å². The van der Waals surface area contributed by atoms with Crippen LogP contribution in [0.1, 0.15) is 31.2 Å². The first-order valence-corrected chi connectivity index (χ1v) is 9.93. The number of hydrogen-bond donors (Lipinski definition) is 0. The molecule has 0 N–H and O–H groups in total. The van der Waals surface area contributed by atoms with Crippen LogP contribution in [0.5, 0.6) is 0 Å². The Morgan fingerprint density at radius 3 is 2.60 bits per heavy atom. The number of halogens is 1. The lowest BCUT2D eigenvalue weighted by Crippen LogP contribution is -2.02. The number of alkyl halides is 1. The average molecular weight is 416 g/mol. The van der Waals surface area contributed by atoms with Crippen LogP contribution in [0.2, 0.25) is 0 Å². The number of hydrogen-bond acceptors (Lipinski definition) is 4. The van der Waals surface area contributed by atoms with Gasteiger partial charge in [0.25, 0.3) is 0 Å². The van der Waals surface area contributed by atoms with Crippen molar-refractivity contribution in [1.82, 2.24) is 4.98 Å². The third-order valence-electron chi connectivity index (χ3n) is 3.74. The van der Waals surface area contributed by atoms with Gasteiger partial charge in [0.2, 0.25) is 0 Å². The van der Waals surface area contributed by atoms with Crippen LogP contribution >= 0.6 is 27.3 Å². The van der Waals surface area contributed by atoms with Crippen molar-refractivity contribution in [3.63, 3.8) is 0 Å². The van der Waals surface area contributed by atoms with Crippen LogP contribution in [-0.2, 0) is 0 Å². The minimum Gasteiger partial charge on any atom is -0.422 e. The largest absolute Gasteiger partial charge is 0.422 e. The number of fused-ring (bicyclic) bond motifs is 2. The van der Waals surface area contributed by atoms with Gasteiger partial charge in [0.1, 0.15) is 10.6 Å². The van der Waals surface area contributed by atoms with Gasteiger partial charge in [-0.15, -0.1) is 11.3 Å². The second-order valence-corrected chi connectivity index (χ2v) is 7.75. The summed E-state index contributed by atoms with van der Waals surface area (Å²) in [5, 5.41) is 1.59. The van der Waals surface area contributed by atoms with Crippen molar-refractivity contribution in [3.8, 4) is 10.6 Å². The molecule has 0 saturated carbocycles. The maximum atomic E-state index is 12.4. The lowest BCUT2D eigenvalue weighted by Gasteiger charge is -2.05. The van der Waals surface area contributed by atoms with Gasteiger partial charge in [0.05, 0.1) is 15.8 Å². The first-order chi connectivity index (χ1) is 12.1. The highest BCUT2D eigenvalue weighted by atomic mass is 79.9. The summed E-state index contributed by atoms with van der Waals surface area (Å²) in [6.45, 7) is 6.04. The second kappa shape index (κ2) is 7.50. The fraction of sp³-hybridized carbons (Fsp3) is 0.200. The van der Waals surface area contributed by atoms with E-state index < -0.39 is 0 Å². The molecule has 2 heterocycles. The van der Waals surface area contributed by atoms with E-state index in [2.05, 4.69) is 20.9 Å². The molecular formula is C20H18BrNO2S. The Morgan fingerprint density at radius 2 is 1.88 bits per heavy atom. The Labute approximate surface area is 158 Å². The summed E-state index contributed by atoms with van der Waals surface area (Å²) in [6.07, 6.45) is 0. The monoisotopic (exact) mass is 415 g/mol. The van der Waals surface area contributed by atoms with Crippen LogP contribution < -0.4 is 5.63 Å². The molecule has 4 rings (SSSR count). The van der Waals surface area contributed by atoms with Crippen LogP contribution in [0.4, 0.5) is 0 Å². The molecule has 3 nitrogen and oxygen atoms in total. The van der Waals surface area contributed by atoms with Crippen molar-refractivity contribution < 1.29 is 4.42 Å². The zero-order valence-corrected chi connectivity index (χ0v) is 16.6. The summed E-state index contributed by atoms with van der Waals surface area (Å²) in [5.41, 5.74) is 2.74. The third kappa shape index (κ3) is 3.53. The second-order valence-electron chi connectivity index (χ2n) is 5.35. The minimum atomic E-state index is -0.351. The van der Waals surface area contributed by atoms with Crippen LogP contribution in [-0.4, -0.2) is 4.98 Å². The van der Waals surface area contributed by atoms with E-state index in [1.807, 2.05) is 69.3 Å². The summed E-state index contributed by atoms with van der Waals surface area (Å²) in [6, 6.07) is 15.6. The normalized spacial score (nSPS) is 12.0. The van der Waals surface area contributed by atoms with Gasteiger partial charge in [-0.3, -0.25) is 0 Å². The molecule has 1 atom stereocenters. The summed E-state index contributed by atoms with van der Waals surface area (Å²) in [7, 11) is 0. The Kier molecular flexibility index (Phi) is 5.35. The van der Waals surface area contributed by atoms with Crippen LogP contribution in [0.25, 0.3) is 31.8 Å². The fourth-order valence-electron chi connectivity index (χ4n) is 2.51. The zero-order valence-electron chi connectivity index (χ0n) is 14.2. The van der Waals surface area contributed by atoms with E-state index in [-0.39, 0.29) is 10.5 Å². The van der Waals surface area contributed by atoms with Crippen molar-refractivity contribution in [2.75, 3.05) is 0 Å². The van der Waals surface area contributed by atoms with E-state index in [4.69, 9.17) is 4.42 Å². The highest BCUT2D eigenvalue weighted by molar-refractivity contribution is 9.09. The number of aromatic nitrogens is 1. The molecule has 0 saturated heterocycles. The van der Waals surface area contributed by atoms with Crippen molar-refractivity contribution in [3.05, 3.63) is 64.5 Å². The van der Waals surface area contributed by atoms with Crippen molar-refractivity contribution >= 4 is 48.5 Å². The van der Waals surface area contributed by atoms with Gasteiger partial charge in [-0.05, 0) is 36.8 Å². The quantitative estimate of drug-likeness (QED) is 0.275. The number of rotatable bonds is 2. The summed E-state index contributed by atoms with van der Waals surface area (Å²) in [4.78, 5) is 17.1. The van der Waals surface area contributed by atoms with Crippen molar-refractivity contribution in [1.29, 1.82) is 0 Å². The summed E-state index contributed by atoms with van der Waals surface area (Å²) < 4.78 is 6.58. The molecule has 0 amide bonds. The van der Waals surface area contributed by atoms with E-state index in [1.54, 1.807) is 0 Å². The first-order valence-electron chi connectivity index (χ1n) is 8.19. The number of para-hydroxylation sites is 1. The molecule has 5 heteroatoms. The van der Waals surface area contributed by atoms with Gasteiger partial charge in [0, 0.05) is 10.2 Å². The topological polar surface area (TPSA) is 43.1 Å². The number of benzene rings is 2. The maximum absolute atomic E-state index is 12.4. The molecule has 0 aliphatic rings.